The van der Waals surface area contributed by atoms with Crippen molar-refractivity contribution in [3.05, 3.63) is 54.3 Å². The second-order valence-electron chi connectivity index (χ2n) is 6.06. The number of aromatic nitrogens is 1. The minimum atomic E-state index is -0.314. The van der Waals surface area contributed by atoms with Crippen molar-refractivity contribution >= 4 is 45.0 Å². The zero-order chi connectivity index (χ0) is 18.5. The number of amides is 1. The molecule has 0 N–H and O–H groups in total. The second kappa shape index (κ2) is 9.64. The van der Waals surface area contributed by atoms with Gasteiger partial charge in [-0.2, -0.15) is 0 Å². The quantitative estimate of drug-likeness (QED) is 0.595. The molecule has 3 rings (SSSR count). The highest BCUT2D eigenvalue weighted by molar-refractivity contribution is 7.22. The lowest BCUT2D eigenvalue weighted by atomic mass is 10.3. The molecule has 1 amide bonds. The Hall–Kier alpha value is -2.22. The standard InChI is InChI=1S/C19H20FN3O2S.ClH/c1-22(2)10-11-23(18(24)13-25-15-6-4-3-5-7-15)19-21-16-9-8-14(20)12-17(16)26-19;/h3-9,12H,10-11,13H2,1-2H3;1H. The van der Waals surface area contributed by atoms with E-state index in [-0.39, 0.29) is 30.7 Å². The van der Waals surface area contributed by atoms with Crippen LogP contribution in [-0.2, 0) is 4.79 Å². The molecule has 3 aromatic rings. The first-order chi connectivity index (χ1) is 12.5. The molecule has 0 saturated carbocycles. The lowest BCUT2D eigenvalue weighted by molar-refractivity contribution is -0.120. The van der Waals surface area contributed by atoms with Gasteiger partial charge in [-0.3, -0.25) is 9.69 Å². The van der Waals surface area contributed by atoms with Crippen molar-refractivity contribution in [2.24, 2.45) is 0 Å². The molecule has 0 aliphatic heterocycles. The number of fused-ring (bicyclic) bond motifs is 1. The molecule has 1 heterocycles. The van der Waals surface area contributed by atoms with Gasteiger partial charge in [-0.25, -0.2) is 9.37 Å². The van der Waals surface area contributed by atoms with Crippen LogP contribution < -0.4 is 9.64 Å². The molecule has 5 nitrogen and oxygen atoms in total. The average Bonchev–Trinajstić information content (AvgIpc) is 3.03. The summed E-state index contributed by atoms with van der Waals surface area (Å²) in [5, 5.41) is 0.550. The number of anilines is 1. The Morgan fingerprint density at radius 2 is 1.89 bits per heavy atom. The first-order valence-corrected chi connectivity index (χ1v) is 9.03. The van der Waals surface area contributed by atoms with Gasteiger partial charge in [0.15, 0.2) is 11.7 Å². The van der Waals surface area contributed by atoms with Gasteiger partial charge in [0, 0.05) is 13.1 Å². The van der Waals surface area contributed by atoms with Gasteiger partial charge in [-0.1, -0.05) is 29.5 Å². The number of hydrogen-bond acceptors (Lipinski definition) is 5. The molecule has 27 heavy (non-hydrogen) atoms. The molecule has 0 fully saturated rings. The highest BCUT2D eigenvalue weighted by Crippen LogP contribution is 2.29. The fraction of sp³-hybridized carbons (Fsp3) is 0.263. The fourth-order valence-corrected chi connectivity index (χ4v) is 3.40. The van der Waals surface area contributed by atoms with Crippen molar-refractivity contribution in [2.75, 3.05) is 38.7 Å². The largest absolute Gasteiger partial charge is 0.484 e. The third kappa shape index (κ3) is 5.63. The predicted molar refractivity (Wildman–Crippen MR) is 110 cm³/mol. The third-order valence-electron chi connectivity index (χ3n) is 3.75. The van der Waals surface area contributed by atoms with E-state index >= 15 is 0 Å². The van der Waals surface area contributed by atoms with E-state index in [1.165, 1.54) is 23.5 Å². The summed E-state index contributed by atoms with van der Waals surface area (Å²) in [5.74, 6) is 0.140. The molecular formula is C19H21ClFN3O2S. The van der Waals surface area contributed by atoms with Crippen molar-refractivity contribution in [2.45, 2.75) is 0 Å². The Balaban J connectivity index is 0.00000261. The summed E-state index contributed by atoms with van der Waals surface area (Å²) in [6.45, 7) is 1.08. The number of ether oxygens (including phenoxy) is 1. The number of carbonyl (C=O) groups is 1. The number of benzene rings is 2. The summed E-state index contributed by atoms with van der Waals surface area (Å²) in [7, 11) is 3.88. The number of halogens is 2. The van der Waals surface area contributed by atoms with Gasteiger partial charge < -0.3 is 9.64 Å². The fourth-order valence-electron chi connectivity index (χ4n) is 2.37. The van der Waals surface area contributed by atoms with E-state index in [9.17, 15) is 9.18 Å². The highest BCUT2D eigenvalue weighted by Gasteiger charge is 2.20. The molecule has 1 aromatic heterocycles. The number of rotatable bonds is 7. The molecule has 0 saturated heterocycles. The van der Waals surface area contributed by atoms with Crippen molar-refractivity contribution in [3.63, 3.8) is 0 Å². The van der Waals surface area contributed by atoms with Crippen LogP contribution in [0.1, 0.15) is 0 Å². The van der Waals surface area contributed by atoms with Crippen molar-refractivity contribution in [1.82, 2.24) is 9.88 Å². The Morgan fingerprint density at radius 3 is 2.59 bits per heavy atom. The van der Waals surface area contributed by atoms with Crippen LogP contribution in [0.5, 0.6) is 5.75 Å². The van der Waals surface area contributed by atoms with E-state index < -0.39 is 0 Å². The topological polar surface area (TPSA) is 45.7 Å². The Morgan fingerprint density at radius 1 is 1.15 bits per heavy atom. The maximum Gasteiger partial charge on any atom is 0.266 e. The second-order valence-corrected chi connectivity index (χ2v) is 7.07. The molecule has 0 aliphatic rings. The summed E-state index contributed by atoms with van der Waals surface area (Å²) in [5.41, 5.74) is 0.679. The summed E-state index contributed by atoms with van der Waals surface area (Å²) in [6.07, 6.45) is 0. The molecule has 0 bridgehead atoms. The molecule has 8 heteroatoms. The molecule has 144 valence electrons. The third-order valence-corrected chi connectivity index (χ3v) is 4.79. The van der Waals surface area contributed by atoms with Crippen molar-refractivity contribution < 1.29 is 13.9 Å². The number of nitrogens with zero attached hydrogens (tertiary/aromatic N) is 3. The summed E-state index contributed by atoms with van der Waals surface area (Å²) < 4.78 is 19.7. The number of thiazole rings is 1. The average molecular weight is 410 g/mol. The minimum Gasteiger partial charge on any atom is -0.484 e. The smallest absolute Gasteiger partial charge is 0.266 e. The minimum absolute atomic E-state index is 0. The maximum atomic E-state index is 13.4. The van der Waals surface area contributed by atoms with Gasteiger partial charge in [-0.15, -0.1) is 12.4 Å². The molecule has 0 aliphatic carbocycles. The van der Waals surface area contributed by atoms with Crippen LogP contribution in [0.25, 0.3) is 10.2 Å². The number of hydrogen-bond donors (Lipinski definition) is 0. The van der Waals surface area contributed by atoms with Crippen LogP contribution in [0.2, 0.25) is 0 Å². The normalized spacial score (nSPS) is 10.7. The first kappa shape index (κ1) is 21.1. The zero-order valence-electron chi connectivity index (χ0n) is 15.1. The van der Waals surface area contributed by atoms with Crippen LogP contribution in [0.15, 0.2) is 48.5 Å². The SMILES string of the molecule is CN(C)CCN(C(=O)COc1ccccc1)c1nc2ccc(F)cc2s1.Cl. The maximum absolute atomic E-state index is 13.4. The number of likely N-dealkylation sites (N-methyl/N-ethyl adjacent to an activating group) is 1. The van der Waals surface area contributed by atoms with E-state index in [0.29, 0.717) is 34.2 Å². The van der Waals surface area contributed by atoms with Crippen LogP contribution in [0.3, 0.4) is 0 Å². The predicted octanol–water partition coefficient (Wildman–Crippen LogP) is 3.83. The van der Waals surface area contributed by atoms with Crippen LogP contribution in [-0.4, -0.2) is 49.6 Å². The molecule has 0 unspecified atom stereocenters. The summed E-state index contributed by atoms with van der Waals surface area (Å²) in [6, 6.07) is 13.6. The summed E-state index contributed by atoms with van der Waals surface area (Å²) in [4.78, 5) is 20.8. The van der Waals surface area contributed by atoms with Gasteiger partial charge in [-0.05, 0) is 44.4 Å². The van der Waals surface area contributed by atoms with Gasteiger partial charge in [0.25, 0.3) is 5.91 Å². The molecule has 2 aromatic carbocycles. The van der Waals surface area contributed by atoms with Crippen molar-refractivity contribution in [3.8, 4) is 5.75 Å². The van der Waals surface area contributed by atoms with E-state index in [2.05, 4.69) is 4.98 Å². The van der Waals surface area contributed by atoms with Crippen molar-refractivity contribution in [1.29, 1.82) is 0 Å². The molecule has 0 spiro atoms. The highest BCUT2D eigenvalue weighted by atomic mass is 35.5. The van der Waals surface area contributed by atoms with E-state index in [1.54, 1.807) is 23.1 Å². The van der Waals surface area contributed by atoms with Crippen LogP contribution in [0.4, 0.5) is 9.52 Å². The van der Waals surface area contributed by atoms with E-state index in [1.807, 2.05) is 37.2 Å². The van der Waals surface area contributed by atoms with Gasteiger partial charge in [0.05, 0.1) is 10.2 Å². The first-order valence-electron chi connectivity index (χ1n) is 8.22. The number of carbonyl (C=O) groups excluding carboxylic acids is 1. The Labute approximate surface area is 167 Å². The van der Waals surface area contributed by atoms with Gasteiger partial charge in [0.2, 0.25) is 0 Å². The van der Waals surface area contributed by atoms with E-state index in [0.717, 1.165) is 0 Å². The van der Waals surface area contributed by atoms with Crippen LogP contribution >= 0.6 is 23.7 Å². The monoisotopic (exact) mass is 409 g/mol. The lowest BCUT2D eigenvalue weighted by Gasteiger charge is -2.22. The molecule has 0 radical (unpaired) electrons. The zero-order valence-corrected chi connectivity index (χ0v) is 16.7. The molecular weight excluding hydrogens is 389 g/mol. The Kier molecular flexibility index (Phi) is 7.53. The van der Waals surface area contributed by atoms with Crippen LogP contribution in [0, 0.1) is 5.82 Å². The summed E-state index contributed by atoms with van der Waals surface area (Å²) >= 11 is 1.30. The van der Waals surface area contributed by atoms with E-state index in [4.69, 9.17) is 4.74 Å². The number of para-hydroxylation sites is 1. The Bertz CT molecular complexity index is 889. The molecule has 0 atom stereocenters. The van der Waals surface area contributed by atoms with Gasteiger partial charge in [0.1, 0.15) is 11.6 Å². The lowest BCUT2D eigenvalue weighted by Crippen LogP contribution is -2.39. The van der Waals surface area contributed by atoms with Gasteiger partial charge >= 0.3 is 0 Å².